The molecule has 0 saturated carbocycles. The van der Waals surface area contributed by atoms with Crippen LogP contribution in [0.4, 0.5) is 4.39 Å². The molecule has 7 nitrogen and oxygen atoms in total. The van der Waals surface area contributed by atoms with Gasteiger partial charge in [0, 0.05) is 12.2 Å². The van der Waals surface area contributed by atoms with E-state index in [1.54, 1.807) is 12.1 Å². The van der Waals surface area contributed by atoms with Crippen LogP contribution in [0.1, 0.15) is 140 Å². The van der Waals surface area contributed by atoms with Crippen LogP contribution in [0.2, 0.25) is 0 Å². The van der Waals surface area contributed by atoms with E-state index in [9.17, 15) is 9.18 Å². The number of hydrogen-bond donors (Lipinski definition) is 1. The number of nitrogens with one attached hydrogen (secondary N) is 1. The van der Waals surface area contributed by atoms with Crippen molar-refractivity contribution >= 4 is 0 Å². The van der Waals surface area contributed by atoms with Crippen molar-refractivity contribution in [2.75, 3.05) is 6.61 Å². The molecular weight excluding hydrogens is 914 g/mol. The van der Waals surface area contributed by atoms with Crippen molar-refractivity contribution in [3.63, 3.8) is 0 Å². The van der Waals surface area contributed by atoms with Gasteiger partial charge in [-0.25, -0.2) is 9.18 Å². The summed E-state index contributed by atoms with van der Waals surface area (Å²) in [6.07, 6.45) is 17.6. The molecule has 0 radical (unpaired) electrons. The Morgan fingerprint density at radius 2 is 1.78 bits per heavy atom. The van der Waals surface area contributed by atoms with Gasteiger partial charge in [-0.1, -0.05) is 120 Å². The van der Waals surface area contributed by atoms with E-state index in [4.69, 9.17) is 10.00 Å². The summed E-state index contributed by atoms with van der Waals surface area (Å²) in [5.41, 5.74) is 6.83. The monoisotopic (exact) mass is 979 g/mol. The zero-order valence-corrected chi connectivity index (χ0v) is 39.1. The van der Waals surface area contributed by atoms with Gasteiger partial charge in [0.15, 0.2) is 5.82 Å². The SMILES string of the molecule is C/C=C(\C)CC(C)C.CCCC(CCC)c1ccc[c-]n1.CCCCC1CCO1.Cc1ccc(-c2noc(=O)[nH]2)cc1C.[CH2-]Cc1ccc(C#N)cc1F.[U+2]. The molecule has 1 aliphatic heterocycles. The fourth-order valence-electron chi connectivity index (χ4n) is 5.47. The van der Waals surface area contributed by atoms with E-state index in [0.29, 0.717) is 35.4 Å². The summed E-state index contributed by atoms with van der Waals surface area (Å²) in [5.74, 6) is 1.05. The predicted octanol–water partition coefficient (Wildman–Crippen LogP) is 12.3. The number of pyridine rings is 1. The van der Waals surface area contributed by atoms with Crippen molar-refractivity contribution in [2.45, 2.75) is 139 Å². The molecule has 4 aromatic rings. The van der Waals surface area contributed by atoms with E-state index in [-0.39, 0.29) is 36.9 Å². The molecule has 0 bridgehead atoms. The Labute approximate surface area is 355 Å². The van der Waals surface area contributed by atoms with Gasteiger partial charge in [-0.2, -0.15) is 29.9 Å². The van der Waals surface area contributed by atoms with Gasteiger partial charge in [0.25, 0.3) is 0 Å². The van der Waals surface area contributed by atoms with E-state index in [1.807, 2.05) is 50.2 Å². The zero-order chi connectivity index (χ0) is 40.3. The molecule has 2 aromatic heterocycles. The van der Waals surface area contributed by atoms with Gasteiger partial charge in [0.05, 0.1) is 17.7 Å². The second-order valence-corrected chi connectivity index (χ2v) is 14.0. The molecule has 0 amide bonds. The number of ether oxygens (including phenoxy) is 1. The van der Waals surface area contributed by atoms with Gasteiger partial charge in [-0.15, -0.1) is 0 Å². The summed E-state index contributed by atoms with van der Waals surface area (Å²) in [7, 11) is 0. The van der Waals surface area contributed by atoms with Crippen molar-refractivity contribution in [1.82, 2.24) is 15.1 Å². The molecule has 1 aliphatic rings. The number of nitrogens with zero attached hydrogens (tertiary/aromatic N) is 3. The number of benzene rings is 2. The second kappa shape index (κ2) is 30.9. The summed E-state index contributed by atoms with van der Waals surface area (Å²) < 4.78 is 22.5. The van der Waals surface area contributed by atoms with Crippen LogP contribution in [0, 0.1) is 81.1 Å². The van der Waals surface area contributed by atoms with Crippen LogP contribution in [0.3, 0.4) is 0 Å². The third kappa shape index (κ3) is 22.1. The van der Waals surface area contributed by atoms with Gasteiger partial charge < -0.3 is 16.6 Å². The quantitative estimate of drug-likeness (QED) is 0.112. The first kappa shape index (κ1) is 51.7. The first-order valence-corrected chi connectivity index (χ1v) is 19.6. The fourth-order valence-corrected chi connectivity index (χ4v) is 5.47. The van der Waals surface area contributed by atoms with Gasteiger partial charge >= 0.3 is 36.9 Å². The Balaban J connectivity index is 0.000000672. The molecule has 3 heterocycles. The molecule has 1 saturated heterocycles. The summed E-state index contributed by atoms with van der Waals surface area (Å²) >= 11 is 0. The van der Waals surface area contributed by atoms with Crippen molar-refractivity contribution < 1.29 is 44.8 Å². The largest absolute Gasteiger partial charge is 2.00 e. The molecule has 2 aromatic carbocycles. The number of H-pyrrole nitrogens is 1. The van der Waals surface area contributed by atoms with Crippen LogP contribution in [0.25, 0.3) is 11.4 Å². The van der Waals surface area contributed by atoms with Crippen molar-refractivity contribution in [3.05, 3.63) is 124 Å². The van der Waals surface area contributed by atoms with Gasteiger partial charge in [0.2, 0.25) is 0 Å². The first-order chi connectivity index (χ1) is 25.9. The van der Waals surface area contributed by atoms with Crippen molar-refractivity contribution in [2.24, 2.45) is 5.92 Å². The summed E-state index contributed by atoms with van der Waals surface area (Å²) in [6.45, 7) is 24.0. The van der Waals surface area contributed by atoms with Crippen LogP contribution < -0.4 is 5.76 Å². The van der Waals surface area contributed by atoms with E-state index in [2.05, 4.69) is 93.4 Å². The topological polar surface area (TPSA) is 105 Å². The number of hydrogen-bond acceptors (Lipinski definition) is 6. The number of aryl methyl sites for hydroxylation is 2. The molecule has 9 heteroatoms. The van der Waals surface area contributed by atoms with E-state index in [1.165, 1.54) is 80.7 Å². The maximum absolute atomic E-state index is 12.8. The smallest absolute Gasteiger partial charge is 0.391 e. The predicted molar refractivity (Wildman–Crippen MR) is 221 cm³/mol. The van der Waals surface area contributed by atoms with Crippen molar-refractivity contribution in [3.8, 4) is 17.5 Å². The molecule has 0 aliphatic carbocycles. The number of allylic oxidation sites excluding steroid dienone is 2. The summed E-state index contributed by atoms with van der Waals surface area (Å²) in [4.78, 5) is 17.5. The van der Waals surface area contributed by atoms with Crippen LogP contribution in [0.5, 0.6) is 0 Å². The second-order valence-electron chi connectivity index (χ2n) is 14.0. The molecule has 55 heavy (non-hydrogen) atoms. The van der Waals surface area contributed by atoms with Crippen LogP contribution in [-0.2, 0) is 11.2 Å². The number of halogens is 1. The molecule has 0 spiro atoms. The molecular formula is C46H65FN4O3U. The number of rotatable bonds is 12. The normalized spacial score (nSPS) is 12.9. The summed E-state index contributed by atoms with van der Waals surface area (Å²) in [5, 5.41) is 12.0. The van der Waals surface area contributed by atoms with Crippen LogP contribution in [0.15, 0.2) is 75.6 Å². The Hall–Kier alpha value is -3.30. The zero-order valence-electron chi connectivity index (χ0n) is 34.9. The number of nitriles is 1. The van der Waals surface area contributed by atoms with Gasteiger partial charge in [-0.05, 0) is 93.7 Å². The Morgan fingerprint density at radius 3 is 2.20 bits per heavy atom. The summed E-state index contributed by atoms with van der Waals surface area (Å²) in [6, 6.07) is 18.1. The Bertz CT molecular complexity index is 1700. The van der Waals surface area contributed by atoms with E-state index >= 15 is 0 Å². The van der Waals surface area contributed by atoms with Gasteiger partial charge in [-0.3, -0.25) is 9.51 Å². The Kier molecular flexibility index (Phi) is 29.0. The van der Waals surface area contributed by atoms with E-state index in [0.717, 1.165) is 23.7 Å². The molecule has 1 fully saturated rings. The number of aromatic nitrogens is 3. The maximum atomic E-state index is 12.8. The number of aromatic amines is 1. The molecule has 298 valence electrons. The third-order valence-corrected chi connectivity index (χ3v) is 8.89. The minimum atomic E-state index is -0.529. The molecule has 5 rings (SSSR count). The third-order valence-electron chi connectivity index (χ3n) is 8.89. The van der Waals surface area contributed by atoms with Crippen LogP contribution >= 0.6 is 0 Å². The van der Waals surface area contributed by atoms with Gasteiger partial charge in [0.1, 0.15) is 5.82 Å². The van der Waals surface area contributed by atoms with Crippen LogP contribution in [-0.4, -0.2) is 27.8 Å². The standard InChI is InChI=1S/C12H18N.C10H10N2O2.C9H7FN.C8H16.C7H14O.U/c1-3-7-11(8-4-2)12-9-5-6-10-13-12;1-6-3-4-8(5-7(6)2)9-11-10(13)14-12-9;1-2-8-4-3-7(6-11)5-9(8)10;1-5-8(4)6-7(2)3;1-2-3-4-7-5-6-8-7;/h5-6,9,11H,3-4,7-8H2,1-2H3;3-5H,1-2H3,(H,11,12,13);3-5H,1-2H2;5,7H,6H2,1-4H3;7H,2-6H2,1H3;/q-1;;-1;;;+2/b;;;8-5+;;. The number of unbranched alkanes of at least 4 members (excludes halogenated alkanes) is 1. The first-order valence-electron chi connectivity index (χ1n) is 19.6. The minimum absolute atomic E-state index is 0. The molecule has 1 N–H and O–H groups in total. The minimum Gasteiger partial charge on any atom is -0.391 e. The van der Waals surface area contributed by atoms with Crippen molar-refractivity contribution in [1.29, 1.82) is 5.26 Å². The fraction of sp³-hybridized carbons (Fsp3) is 0.500. The average Bonchev–Trinajstić information content (AvgIpc) is 3.59. The Morgan fingerprint density at radius 1 is 1.09 bits per heavy atom. The maximum Gasteiger partial charge on any atom is 2.00 e. The molecule has 1 unspecified atom stereocenters. The molecule has 1 atom stereocenters. The van der Waals surface area contributed by atoms with E-state index < -0.39 is 5.76 Å². The average molecular weight is 979 g/mol.